The molecule has 0 fully saturated rings. The summed E-state index contributed by atoms with van der Waals surface area (Å²) in [6.45, 7) is 4.97. The van der Waals surface area contributed by atoms with E-state index >= 15 is 0 Å². The van der Waals surface area contributed by atoms with Gasteiger partial charge in [0.15, 0.2) is 0 Å². The first-order chi connectivity index (χ1) is 39.0. The van der Waals surface area contributed by atoms with Crippen molar-refractivity contribution < 1.29 is 24.5 Å². The van der Waals surface area contributed by atoms with Gasteiger partial charge in [-0.05, 0) is 83.5 Å². The Morgan fingerprint density at radius 1 is 0.354 bits per heavy atom. The number of carbonyl (C=O) groups excluding carboxylic acids is 2. The molecule has 0 aromatic rings. The molecule has 0 aliphatic heterocycles. The Labute approximate surface area is 494 Å². The predicted octanol–water partition coefficient (Wildman–Crippen LogP) is 23.1. The summed E-state index contributed by atoms with van der Waals surface area (Å²) in [5, 5.41) is 23.4. The van der Waals surface area contributed by atoms with Gasteiger partial charge in [-0.15, -0.1) is 0 Å². The van der Waals surface area contributed by atoms with Crippen molar-refractivity contribution in [2.45, 2.75) is 405 Å². The summed E-state index contributed by atoms with van der Waals surface area (Å²) in [5.74, 6) is -0.0369. The summed E-state index contributed by atoms with van der Waals surface area (Å²) in [6.07, 6.45) is 87.6. The molecular formula is C73H139NO5. The summed E-state index contributed by atoms with van der Waals surface area (Å²) in [6, 6.07) is -0.551. The second kappa shape index (κ2) is 68.6. The number of carbonyl (C=O) groups is 2. The Balaban J connectivity index is 3.44. The maximum Gasteiger partial charge on any atom is 0.305 e. The molecule has 1 amide bonds. The number of hydrogen-bond acceptors (Lipinski definition) is 5. The van der Waals surface area contributed by atoms with E-state index in [9.17, 15) is 19.8 Å². The number of hydrogen-bond donors (Lipinski definition) is 3. The molecule has 0 bridgehead atoms. The Hall–Kier alpha value is -1.92. The first-order valence-corrected chi connectivity index (χ1v) is 35.7. The fraction of sp³-hybridized carbons (Fsp3) is 0.890. The van der Waals surface area contributed by atoms with Crippen molar-refractivity contribution in [3.63, 3.8) is 0 Å². The van der Waals surface area contributed by atoms with Crippen LogP contribution in [0.3, 0.4) is 0 Å². The summed E-state index contributed by atoms with van der Waals surface area (Å²) < 4.78 is 5.50. The number of esters is 1. The molecule has 0 aliphatic carbocycles. The number of nitrogens with one attached hydrogen (secondary N) is 1. The Bertz CT molecular complexity index is 1280. The first kappa shape index (κ1) is 77.1. The van der Waals surface area contributed by atoms with E-state index in [-0.39, 0.29) is 18.5 Å². The van der Waals surface area contributed by atoms with Crippen LogP contribution in [-0.4, -0.2) is 47.4 Å². The Kier molecular flexibility index (Phi) is 66.9. The van der Waals surface area contributed by atoms with Crippen LogP contribution in [0.2, 0.25) is 0 Å². The summed E-state index contributed by atoms with van der Waals surface area (Å²) in [4.78, 5) is 24.6. The van der Waals surface area contributed by atoms with Gasteiger partial charge in [-0.3, -0.25) is 9.59 Å². The normalized spacial score (nSPS) is 12.7. The number of ether oxygens (including phenoxy) is 1. The molecule has 0 aromatic carbocycles. The lowest BCUT2D eigenvalue weighted by Crippen LogP contribution is -2.45. The molecule has 466 valence electrons. The third kappa shape index (κ3) is 65.1. The minimum Gasteiger partial charge on any atom is -0.466 e. The molecule has 3 N–H and O–H groups in total. The fourth-order valence-corrected chi connectivity index (χ4v) is 11.2. The van der Waals surface area contributed by atoms with E-state index in [1.165, 1.54) is 302 Å². The van der Waals surface area contributed by atoms with Gasteiger partial charge in [0.1, 0.15) is 0 Å². The molecule has 79 heavy (non-hydrogen) atoms. The average molecular weight is 1110 g/mol. The highest BCUT2D eigenvalue weighted by atomic mass is 16.5. The van der Waals surface area contributed by atoms with Crippen molar-refractivity contribution >= 4 is 11.9 Å². The van der Waals surface area contributed by atoms with E-state index in [0.29, 0.717) is 25.9 Å². The number of aliphatic hydroxyl groups is 2. The topological polar surface area (TPSA) is 95.9 Å². The molecule has 0 rings (SSSR count). The Morgan fingerprint density at radius 2 is 0.633 bits per heavy atom. The lowest BCUT2D eigenvalue weighted by Gasteiger charge is -2.22. The van der Waals surface area contributed by atoms with Gasteiger partial charge >= 0.3 is 5.97 Å². The molecule has 2 unspecified atom stereocenters. The van der Waals surface area contributed by atoms with Gasteiger partial charge in [0.2, 0.25) is 5.91 Å². The zero-order valence-electron chi connectivity index (χ0n) is 53.4. The van der Waals surface area contributed by atoms with Gasteiger partial charge in [-0.2, -0.15) is 0 Å². The predicted molar refractivity (Wildman–Crippen MR) is 347 cm³/mol. The SMILES string of the molecule is CCCCCCCCC/C=C\CCCCCCCCCC(=O)OCCCCCCCCCCC/C=C\C/C=C\CCCCCCCCCC(=O)NC(CO)C(O)CCCCCCCCCCCCCCCCCCCCCCC. The molecule has 0 radical (unpaired) electrons. The van der Waals surface area contributed by atoms with Gasteiger partial charge in [0.05, 0.1) is 25.4 Å². The molecule has 2 atom stereocenters. The van der Waals surface area contributed by atoms with Gasteiger partial charge in [0.25, 0.3) is 0 Å². The highest BCUT2D eigenvalue weighted by molar-refractivity contribution is 5.76. The number of amides is 1. The quantitative estimate of drug-likeness (QED) is 0.0320. The molecular weight excluding hydrogens is 971 g/mol. The number of unbranched alkanes of at least 4 members (excludes halogenated alkanes) is 50. The van der Waals surface area contributed by atoms with Crippen LogP contribution in [-0.2, 0) is 14.3 Å². The standard InChI is InChI=1S/C73H139NO5/c1-3-5-7-9-11-13-15-17-19-21-23-27-30-33-37-41-45-49-53-57-61-65-71(76)70(69-75)74-72(77)66-62-58-54-50-46-42-38-34-31-28-25-24-26-29-32-36-40-44-48-52-56-60-64-68-79-73(78)67-63-59-55-51-47-43-39-35-22-20-18-16-14-12-10-8-6-4-2/h20,22,24,26,28,31,70-71,75-76H,3-19,21,23,25,27,29-30,32-69H2,1-2H3,(H,74,77)/b22-20-,26-24-,31-28-. The van der Waals surface area contributed by atoms with E-state index < -0.39 is 12.1 Å². The summed E-state index contributed by atoms with van der Waals surface area (Å²) in [7, 11) is 0. The van der Waals surface area contributed by atoms with Crippen molar-refractivity contribution in [3.8, 4) is 0 Å². The molecule has 6 nitrogen and oxygen atoms in total. The van der Waals surface area contributed by atoms with Crippen molar-refractivity contribution in [1.82, 2.24) is 5.32 Å². The zero-order valence-corrected chi connectivity index (χ0v) is 53.4. The second-order valence-corrected chi connectivity index (χ2v) is 24.6. The van der Waals surface area contributed by atoms with Crippen LogP contribution in [0.25, 0.3) is 0 Å². The lowest BCUT2D eigenvalue weighted by atomic mass is 10.0. The number of rotatable bonds is 67. The molecule has 0 saturated carbocycles. The first-order valence-electron chi connectivity index (χ1n) is 35.7. The minimum absolute atomic E-state index is 0.00487. The average Bonchev–Trinajstić information content (AvgIpc) is 3.45. The van der Waals surface area contributed by atoms with Crippen LogP contribution in [0.1, 0.15) is 393 Å². The van der Waals surface area contributed by atoms with Crippen molar-refractivity contribution in [2.24, 2.45) is 0 Å². The number of allylic oxidation sites excluding steroid dienone is 6. The smallest absolute Gasteiger partial charge is 0.305 e. The van der Waals surface area contributed by atoms with E-state index in [0.717, 1.165) is 57.8 Å². The summed E-state index contributed by atoms with van der Waals surface area (Å²) >= 11 is 0. The minimum atomic E-state index is -0.673. The maximum atomic E-state index is 12.5. The molecule has 0 spiro atoms. The monoisotopic (exact) mass is 1110 g/mol. The van der Waals surface area contributed by atoms with E-state index in [1.54, 1.807) is 0 Å². The van der Waals surface area contributed by atoms with Crippen LogP contribution in [0, 0.1) is 0 Å². The third-order valence-corrected chi connectivity index (χ3v) is 16.7. The largest absolute Gasteiger partial charge is 0.466 e. The van der Waals surface area contributed by atoms with Crippen LogP contribution >= 0.6 is 0 Å². The van der Waals surface area contributed by atoms with Crippen LogP contribution in [0.4, 0.5) is 0 Å². The van der Waals surface area contributed by atoms with Crippen molar-refractivity contribution in [3.05, 3.63) is 36.5 Å². The third-order valence-electron chi connectivity index (χ3n) is 16.7. The number of aliphatic hydroxyl groups excluding tert-OH is 2. The van der Waals surface area contributed by atoms with Gasteiger partial charge in [0, 0.05) is 12.8 Å². The van der Waals surface area contributed by atoms with Gasteiger partial charge in [-0.25, -0.2) is 0 Å². The summed E-state index contributed by atoms with van der Waals surface area (Å²) in [5.41, 5.74) is 0. The van der Waals surface area contributed by atoms with E-state index in [2.05, 4.69) is 55.6 Å². The Morgan fingerprint density at radius 3 is 0.975 bits per heavy atom. The molecule has 0 heterocycles. The van der Waals surface area contributed by atoms with Crippen LogP contribution < -0.4 is 5.32 Å². The van der Waals surface area contributed by atoms with Crippen LogP contribution in [0.5, 0.6) is 0 Å². The zero-order chi connectivity index (χ0) is 57.1. The van der Waals surface area contributed by atoms with E-state index in [1.807, 2.05) is 0 Å². The van der Waals surface area contributed by atoms with Crippen molar-refractivity contribution in [1.29, 1.82) is 0 Å². The maximum absolute atomic E-state index is 12.5. The van der Waals surface area contributed by atoms with E-state index in [4.69, 9.17) is 4.74 Å². The second-order valence-electron chi connectivity index (χ2n) is 24.6. The fourth-order valence-electron chi connectivity index (χ4n) is 11.2. The molecule has 0 aliphatic rings. The van der Waals surface area contributed by atoms with Crippen molar-refractivity contribution in [2.75, 3.05) is 13.2 Å². The molecule has 6 heteroatoms. The molecule has 0 saturated heterocycles. The highest BCUT2D eigenvalue weighted by Crippen LogP contribution is 2.18. The highest BCUT2D eigenvalue weighted by Gasteiger charge is 2.20. The molecule has 0 aromatic heterocycles. The van der Waals surface area contributed by atoms with Gasteiger partial charge < -0.3 is 20.3 Å². The lowest BCUT2D eigenvalue weighted by molar-refractivity contribution is -0.143. The van der Waals surface area contributed by atoms with Crippen LogP contribution in [0.15, 0.2) is 36.5 Å². The van der Waals surface area contributed by atoms with Gasteiger partial charge in [-0.1, -0.05) is 333 Å².